The number of carbonyl (C=O) groups is 1. The van der Waals surface area contributed by atoms with Crippen LogP contribution in [0.15, 0.2) is 52.5 Å². The lowest BCUT2D eigenvalue weighted by atomic mass is 10.2. The molecule has 0 heterocycles. The van der Waals surface area contributed by atoms with Gasteiger partial charge in [0, 0.05) is 6.07 Å². The van der Waals surface area contributed by atoms with E-state index in [2.05, 4.69) is 15.2 Å². The molecule has 0 atom stereocenters. The molecule has 2 rings (SSSR count). The van der Waals surface area contributed by atoms with Crippen molar-refractivity contribution in [1.29, 1.82) is 0 Å². The number of methoxy groups -OCH3 is 3. The third-order valence-corrected chi connectivity index (χ3v) is 4.98. The van der Waals surface area contributed by atoms with Crippen LogP contribution in [-0.4, -0.2) is 48.4 Å². The fourth-order valence-corrected chi connectivity index (χ4v) is 3.16. The first-order valence-corrected chi connectivity index (χ1v) is 9.55. The van der Waals surface area contributed by atoms with Crippen molar-refractivity contribution in [3.05, 3.63) is 48.0 Å². The zero-order chi connectivity index (χ0) is 20.6. The lowest BCUT2D eigenvalue weighted by Gasteiger charge is -2.10. The Balaban J connectivity index is 1.94. The molecule has 9 nitrogen and oxygen atoms in total. The first kappa shape index (κ1) is 21.2. The van der Waals surface area contributed by atoms with Crippen LogP contribution < -0.4 is 24.4 Å². The number of hydrogen-bond acceptors (Lipinski definition) is 7. The van der Waals surface area contributed by atoms with Gasteiger partial charge in [0.15, 0.2) is 11.5 Å². The van der Waals surface area contributed by atoms with Crippen molar-refractivity contribution < 1.29 is 27.4 Å². The van der Waals surface area contributed by atoms with Crippen LogP contribution >= 0.6 is 0 Å². The standard InChI is InChI=1S/C18H21N3O6S/c1-25-14-6-4-5-13(9-14)11-19-21-18(22)12-20-28(23,24)15-7-8-16(26-2)17(10-15)27-3/h4-11,20H,12H2,1-3H3,(H,21,22)/b19-11-. The summed E-state index contributed by atoms with van der Waals surface area (Å²) in [5, 5.41) is 3.79. The van der Waals surface area contributed by atoms with Crippen LogP contribution in [0, 0.1) is 0 Å². The highest BCUT2D eigenvalue weighted by molar-refractivity contribution is 7.89. The number of rotatable bonds is 9. The smallest absolute Gasteiger partial charge is 0.255 e. The summed E-state index contributed by atoms with van der Waals surface area (Å²) in [4.78, 5) is 11.8. The van der Waals surface area contributed by atoms with Crippen LogP contribution in [0.3, 0.4) is 0 Å². The number of sulfonamides is 1. The van der Waals surface area contributed by atoms with E-state index in [1.54, 1.807) is 31.4 Å². The average Bonchev–Trinajstić information content (AvgIpc) is 2.72. The van der Waals surface area contributed by atoms with Gasteiger partial charge in [-0.3, -0.25) is 4.79 Å². The van der Waals surface area contributed by atoms with Gasteiger partial charge >= 0.3 is 0 Å². The van der Waals surface area contributed by atoms with Gasteiger partial charge in [-0.2, -0.15) is 5.10 Å². The van der Waals surface area contributed by atoms with Crippen molar-refractivity contribution in [3.8, 4) is 17.2 Å². The molecule has 0 radical (unpaired) electrons. The lowest BCUT2D eigenvalue weighted by Crippen LogP contribution is -2.34. The van der Waals surface area contributed by atoms with Gasteiger partial charge in [-0.1, -0.05) is 12.1 Å². The molecular weight excluding hydrogens is 386 g/mol. The van der Waals surface area contributed by atoms with E-state index in [1.807, 2.05) is 0 Å². The normalized spacial score (nSPS) is 11.2. The van der Waals surface area contributed by atoms with E-state index in [-0.39, 0.29) is 10.6 Å². The Morgan fingerprint density at radius 1 is 1.04 bits per heavy atom. The molecule has 10 heteroatoms. The molecule has 28 heavy (non-hydrogen) atoms. The van der Waals surface area contributed by atoms with E-state index < -0.39 is 22.5 Å². The average molecular weight is 407 g/mol. The van der Waals surface area contributed by atoms with Crippen LogP contribution in [0.2, 0.25) is 0 Å². The van der Waals surface area contributed by atoms with Crippen LogP contribution in [0.1, 0.15) is 5.56 Å². The molecule has 0 unspecified atom stereocenters. The first-order chi connectivity index (χ1) is 13.4. The van der Waals surface area contributed by atoms with E-state index in [0.717, 1.165) is 0 Å². The molecule has 0 aromatic heterocycles. The molecule has 0 bridgehead atoms. The number of ether oxygens (including phenoxy) is 3. The summed E-state index contributed by atoms with van der Waals surface area (Å²) in [5.41, 5.74) is 2.97. The summed E-state index contributed by atoms with van der Waals surface area (Å²) in [6.45, 7) is -0.480. The van der Waals surface area contributed by atoms with Gasteiger partial charge in [0.2, 0.25) is 10.0 Å². The highest BCUT2D eigenvalue weighted by atomic mass is 32.2. The summed E-state index contributed by atoms with van der Waals surface area (Å²) in [6.07, 6.45) is 1.42. The minimum atomic E-state index is -3.91. The van der Waals surface area contributed by atoms with Gasteiger partial charge in [0.05, 0.1) is 39.0 Å². The molecule has 150 valence electrons. The van der Waals surface area contributed by atoms with Crippen molar-refractivity contribution in [1.82, 2.24) is 10.1 Å². The molecule has 0 aliphatic carbocycles. The van der Waals surface area contributed by atoms with Crippen LogP contribution in [0.4, 0.5) is 0 Å². The van der Waals surface area contributed by atoms with Crippen molar-refractivity contribution in [2.45, 2.75) is 4.90 Å². The van der Waals surface area contributed by atoms with E-state index in [9.17, 15) is 13.2 Å². The van der Waals surface area contributed by atoms with Crippen LogP contribution in [0.5, 0.6) is 17.2 Å². The fraction of sp³-hybridized carbons (Fsp3) is 0.222. The highest BCUT2D eigenvalue weighted by Crippen LogP contribution is 2.29. The second-order valence-electron chi connectivity index (χ2n) is 5.41. The van der Waals surface area contributed by atoms with Crippen LogP contribution in [-0.2, 0) is 14.8 Å². The predicted molar refractivity (Wildman–Crippen MR) is 103 cm³/mol. The Morgan fingerprint density at radius 2 is 1.79 bits per heavy atom. The van der Waals surface area contributed by atoms with Crippen molar-refractivity contribution >= 4 is 22.1 Å². The quantitative estimate of drug-likeness (QED) is 0.476. The summed E-state index contributed by atoms with van der Waals surface area (Å²) < 4.78 is 42.1. The van der Waals surface area contributed by atoms with E-state index in [1.165, 1.54) is 38.6 Å². The molecule has 2 N–H and O–H groups in total. The second-order valence-corrected chi connectivity index (χ2v) is 7.18. The molecule has 2 aromatic carbocycles. The maximum atomic E-state index is 12.3. The molecule has 1 amide bonds. The van der Waals surface area contributed by atoms with E-state index >= 15 is 0 Å². The Bertz CT molecular complexity index is 960. The van der Waals surface area contributed by atoms with Gasteiger partial charge in [0.1, 0.15) is 5.75 Å². The molecule has 2 aromatic rings. The minimum absolute atomic E-state index is 0.0576. The SMILES string of the molecule is COc1cccc(/C=N\NC(=O)CNS(=O)(=O)c2ccc(OC)c(OC)c2)c1. The minimum Gasteiger partial charge on any atom is -0.497 e. The van der Waals surface area contributed by atoms with Gasteiger partial charge < -0.3 is 14.2 Å². The number of hydrogen-bond donors (Lipinski definition) is 2. The predicted octanol–water partition coefficient (Wildman–Crippen LogP) is 1.14. The van der Waals surface area contributed by atoms with Crippen molar-refractivity contribution in [3.63, 3.8) is 0 Å². The molecule has 0 saturated carbocycles. The summed E-state index contributed by atoms with van der Waals surface area (Å²) in [7, 11) is 0.474. The maximum absolute atomic E-state index is 12.3. The summed E-state index contributed by atoms with van der Waals surface area (Å²) >= 11 is 0. The summed E-state index contributed by atoms with van der Waals surface area (Å²) in [6, 6.07) is 11.2. The number of carbonyl (C=O) groups excluding carboxylic acids is 1. The number of hydrazone groups is 1. The molecule has 0 spiro atoms. The largest absolute Gasteiger partial charge is 0.497 e. The molecule has 0 aliphatic rings. The maximum Gasteiger partial charge on any atom is 0.255 e. The number of nitrogens with one attached hydrogen (secondary N) is 2. The Hall–Kier alpha value is -3.11. The molecule has 0 saturated heterocycles. The number of benzene rings is 2. The summed E-state index contributed by atoms with van der Waals surface area (Å²) in [5.74, 6) is 0.685. The Morgan fingerprint density at radius 3 is 2.46 bits per heavy atom. The zero-order valence-electron chi connectivity index (χ0n) is 15.6. The fourth-order valence-electron chi connectivity index (χ4n) is 2.17. The van der Waals surface area contributed by atoms with Gasteiger partial charge in [-0.05, 0) is 29.8 Å². The van der Waals surface area contributed by atoms with E-state index in [4.69, 9.17) is 14.2 Å². The molecule has 0 fully saturated rings. The van der Waals surface area contributed by atoms with Gasteiger partial charge in [0.25, 0.3) is 5.91 Å². The topological polar surface area (TPSA) is 115 Å². The van der Waals surface area contributed by atoms with E-state index in [0.29, 0.717) is 17.1 Å². The van der Waals surface area contributed by atoms with Gasteiger partial charge in [-0.15, -0.1) is 0 Å². The van der Waals surface area contributed by atoms with Crippen molar-refractivity contribution in [2.24, 2.45) is 5.10 Å². The zero-order valence-corrected chi connectivity index (χ0v) is 16.4. The Kier molecular flexibility index (Phi) is 7.36. The first-order valence-electron chi connectivity index (χ1n) is 8.07. The highest BCUT2D eigenvalue weighted by Gasteiger charge is 2.18. The molecular formula is C18H21N3O6S. The monoisotopic (exact) mass is 407 g/mol. The number of amides is 1. The van der Waals surface area contributed by atoms with Crippen LogP contribution in [0.25, 0.3) is 0 Å². The lowest BCUT2D eigenvalue weighted by molar-refractivity contribution is -0.119. The molecule has 0 aliphatic heterocycles. The third kappa shape index (κ3) is 5.69. The number of nitrogens with zero attached hydrogens (tertiary/aromatic N) is 1. The van der Waals surface area contributed by atoms with Gasteiger partial charge in [-0.25, -0.2) is 18.6 Å². The third-order valence-electron chi connectivity index (χ3n) is 3.58. The van der Waals surface area contributed by atoms with Crippen molar-refractivity contribution in [2.75, 3.05) is 27.9 Å². The second kappa shape index (κ2) is 9.72. The Labute approximate surface area is 163 Å².